The van der Waals surface area contributed by atoms with E-state index in [1.165, 1.54) is 0 Å². The smallest absolute Gasteiger partial charge is 0.144 e. The predicted octanol–water partition coefficient (Wildman–Crippen LogP) is 3.31. The molecule has 0 aliphatic rings. The van der Waals surface area contributed by atoms with E-state index in [4.69, 9.17) is 11.6 Å². The summed E-state index contributed by atoms with van der Waals surface area (Å²) in [7, 11) is 1.93. The fourth-order valence-corrected chi connectivity index (χ4v) is 2.02. The molecule has 0 spiro atoms. The number of hydrogen-bond donors (Lipinski definition) is 0. The van der Waals surface area contributed by atoms with Gasteiger partial charge in [-0.25, -0.2) is 9.97 Å². The quantitative estimate of drug-likeness (QED) is 0.802. The first-order chi connectivity index (χ1) is 7.54. The summed E-state index contributed by atoms with van der Waals surface area (Å²) in [5, 5.41) is 1.78. The van der Waals surface area contributed by atoms with E-state index in [0.717, 1.165) is 29.0 Å². The van der Waals surface area contributed by atoms with Crippen LogP contribution >= 0.6 is 11.6 Å². The molecule has 0 atom stereocenters. The highest BCUT2D eigenvalue weighted by molar-refractivity contribution is 6.30. The van der Waals surface area contributed by atoms with Crippen molar-refractivity contribution in [3.8, 4) is 0 Å². The summed E-state index contributed by atoms with van der Waals surface area (Å²) in [6, 6.07) is 1.95. The van der Waals surface area contributed by atoms with Gasteiger partial charge in [-0.15, -0.1) is 0 Å². The summed E-state index contributed by atoms with van der Waals surface area (Å²) in [6.45, 7) is 6.35. The van der Waals surface area contributed by atoms with Gasteiger partial charge in [0, 0.05) is 18.9 Å². The molecular weight excluding hydrogens is 222 g/mol. The van der Waals surface area contributed by atoms with Gasteiger partial charge in [0.25, 0.3) is 0 Å². The van der Waals surface area contributed by atoms with E-state index in [1.807, 2.05) is 17.7 Å². The van der Waals surface area contributed by atoms with Gasteiger partial charge in [-0.1, -0.05) is 32.4 Å². The molecule has 2 aromatic rings. The minimum atomic E-state index is 0.384. The van der Waals surface area contributed by atoms with E-state index in [1.54, 1.807) is 0 Å². The highest BCUT2D eigenvalue weighted by Gasteiger charge is 2.14. The standard InChI is InChI=1S/C12H16ClN3/c1-5-10-14-11(7(2)3)8-6-9(13)16(4)12(8)15-10/h6-7H,5H2,1-4H3. The Bertz CT molecular complexity index is 529. The van der Waals surface area contributed by atoms with E-state index in [2.05, 4.69) is 30.7 Å². The second-order valence-corrected chi connectivity index (χ2v) is 4.68. The van der Waals surface area contributed by atoms with E-state index >= 15 is 0 Å². The Morgan fingerprint density at radius 2 is 2.06 bits per heavy atom. The van der Waals surface area contributed by atoms with Crippen molar-refractivity contribution in [2.24, 2.45) is 7.05 Å². The van der Waals surface area contributed by atoms with Gasteiger partial charge in [0.05, 0.1) is 5.69 Å². The van der Waals surface area contributed by atoms with Gasteiger partial charge in [-0.2, -0.15) is 0 Å². The van der Waals surface area contributed by atoms with E-state index < -0.39 is 0 Å². The van der Waals surface area contributed by atoms with Crippen LogP contribution < -0.4 is 0 Å². The lowest BCUT2D eigenvalue weighted by atomic mass is 10.1. The lowest BCUT2D eigenvalue weighted by Gasteiger charge is -2.08. The van der Waals surface area contributed by atoms with Gasteiger partial charge in [-0.3, -0.25) is 0 Å². The first kappa shape index (κ1) is 11.4. The van der Waals surface area contributed by atoms with Gasteiger partial charge in [0.1, 0.15) is 16.6 Å². The Labute approximate surface area is 100 Å². The van der Waals surface area contributed by atoms with E-state index in [9.17, 15) is 0 Å². The minimum Gasteiger partial charge on any atom is -0.319 e. The largest absolute Gasteiger partial charge is 0.319 e. The molecule has 16 heavy (non-hydrogen) atoms. The summed E-state index contributed by atoms with van der Waals surface area (Å²) >= 11 is 6.12. The normalized spacial score (nSPS) is 11.6. The van der Waals surface area contributed by atoms with Crippen LogP contribution in [0.2, 0.25) is 5.15 Å². The van der Waals surface area contributed by atoms with Crippen molar-refractivity contribution in [1.82, 2.24) is 14.5 Å². The number of hydrogen-bond acceptors (Lipinski definition) is 2. The molecule has 0 fully saturated rings. The SMILES string of the molecule is CCc1nc(C(C)C)c2cc(Cl)n(C)c2n1. The molecule has 0 saturated carbocycles. The van der Waals surface area contributed by atoms with Crippen molar-refractivity contribution < 1.29 is 0 Å². The lowest BCUT2D eigenvalue weighted by Crippen LogP contribution is -2.02. The summed E-state index contributed by atoms with van der Waals surface area (Å²) in [5.74, 6) is 1.27. The Morgan fingerprint density at radius 1 is 1.38 bits per heavy atom. The van der Waals surface area contributed by atoms with Crippen LogP contribution in [0.25, 0.3) is 11.0 Å². The number of nitrogens with zero attached hydrogens (tertiary/aromatic N) is 3. The third kappa shape index (κ3) is 1.69. The zero-order valence-electron chi connectivity index (χ0n) is 10.1. The molecule has 0 amide bonds. The molecule has 2 rings (SSSR count). The number of aryl methyl sites for hydroxylation is 2. The maximum absolute atomic E-state index is 6.12. The van der Waals surface area contributed by atoms with Crippen molar-refractivity contribution in [2.75, 3.05) is 0 Å². The maximum Gasteiger partial charge on any atom is 0.144 e. The number of halogens is 1. The van der Waals surface area contributed by atoms with Gasteiger partial charge in [0.2, 0.25) is 0 Å². The number of rotatable bonds is 2. The molecule has 2 aromatic heterocycles. The number of fused-ring (bicyclic) bond motifs is 1. The van der Waals surface area contributed by atoms with Crippen LogP contribution in [0.15, 0.2) is 6.07 Å². The minimum absolute atomic E-state index is 0.384. The topological polar surface area (TPSA) is 30.7 Å². The molecule has 86 valence electrons. The average molecular weight is 238 g/mol. The highest BCUT2D eigenvalue weighted by Crippen LogP contribution is 2.27. The first-order valence-corrected chi connectivity index (χ1v) is 5.94. The van der Waals surface area contributed by atoms with Crippen LogP contribution in [0.1, 0.15) is 38.2 Å². The predicted molar refractivity (Wildman–Crippen MR) is 67.0 cm³/mol. The summed E-state index contributed by atoms with van der Waals surface area (Å²) in [6.07, 6.45) is 0.846. The van der Waals surface area contributed by atoms with Gasteiger partial charge < -0.3 is 4.57 Å². The van der Waals surface area contributed by atoms with Crippen molar-refractivity contribution in [3.05, 3.63) is 22.7 Å². The Kier molecular flexibility index (Phi) is 2.89. The van der Waals surface area contributed by atoms with Crippen molar-refractivity contribution in [3.63, 3.8) is 0 Å². The lowest BCUT2D eigenvalue weighted by molar-refractivity contribution is 0.798. The maximum atomic E-state index is 6.12. The Hall–Kier alpha value is -1.09. The van der Waals surface area contributed by atoms with E-state index in [-0.39, 0.29) is 0 Å². The molecule has 0 N–H and O–H groups in total. The fraction of sp³-hybridized carbons (Fsp3) is 0.500. The van der Waals surface area contributed by atoms with Crippen LogP contribution in [0.4, 0.5) is 0 Å². The molecule has 0 radical (unpaired) electrons. The zero-order chi connectivity index (χ0) is 11.9. The fourth-order valence-electron chi connectivity index (χ4n) is 1.83. The van der Waals surface area contributed by atoms with Crippen LogP contribution in [0.3, 0.4) is 0 Å². The summed E-state index contributed by atoms with van der Waals surface area (Å²) in [5.41, 5.74) is 2.02. The summed E-state index contributed by atoms with van der Waals surface area (Å²) < 4.78 is 1.91. The van der Waals surface area contributed by atoms with Crippen LogP contribution in [0.5, 0.6) is 0 Å². The van der Waals surface area contributed by atoms with Crippen molar-refractivity contribution >= 4 is 22.6 Å². The molecule has 0 aromatic carbocycles. The van der Waals surface area contributed by atoms with E-state index in [0.29, 0.717) is 11.1 Å². The second kappa shape index (κ2) is 4.06. The molecule has 3 nitrogen and oxygen atoms in total. The summed E-state index contributed by atoms with van der Waals surface area (Å²) in [4.78, 5) is 9.11. The molecule has 4 heteroatoms. The molecule has 2 heterocycles. The third-order valence-corrected chi connectivity index (χ3v) is 3.13. The number of aromatic nitrogens is 3. The average Bonchev–Trinajstić information content (AvgIpc) is 2.54. The van der Waals surface area contributed by atoms with Crippen molar-refractivity contribution in [1.29, 1.82) is 0 Å². The molecule has 0 saturated heterocycles. The van der Waals surface area contributed by atoms with Crippen LogP contribution in [-0.4, -0.2) is 14.5 Å². The molecule has 0 bridgehead atoms. The third-order valence-electron chi connectivity index (χ3n) is 2.77. The molecule has 0 aliphatic heterocycles. The van der Waals surface area contributed by atoms with Gasteiger partial charge in [0.15, 0.2) is 0 Å². The van der Waals surface area contributed by atoms with Gasteiger partial charge >= 0.3 is 0 Å². The molecule has 0 aliphatic carbocycles. The molecule has 0 unspecified atom stereocenters. The highest BCUT2D eigenvalue weighted by atomic mass is 35.5. The molecular formula is C12H16ClN3. The Morgan fingerprint density at radius 3 is 2.62 bits per heavy atom. The second-order valence-electron chi connectivity index (χ2n) is 4.30. The van der Waals surface area contributed by atoms with Crippen molar-refractivity contribution in [2.45, 2.75) is 33.1 Å². The first-order valence-electron chi connectivity index (χ1n) is 5.56. The zero-order valence-corrected chi connectivity index (χ0v) is 10.8. The van der Waals surface area contributed by atoms with Crippen LogP contribution in [0, 0.1) is 0 Å². The monoisotopic (exact) mass is 237 g/mol. The Balaban J connectivity index is 2.82. The van der Waals surface area contributed by atoms with Crippen LogP contribution in [-0.2, 0) is 13.5 Å². The van der Waals surface area contributed by atoms with Gasteiger partial charge in [-0.05, 0) is 12.0 Å².